The minimum atomic E-state index is -0.480. The maximum absolute atomic E-state index is 9.78. The predicted molar refractivity (Wildman–Crippen MR) is 60.8 cm³/mol. The van der Waals surface area contributed by atoms with Crippen LogP contribution in [-0.2, 0) is 0 Å². The number of aromatic nitrogens is 1. The molecular weight excluding hydrogens is 212 g/mol. The predicted octanol–water partition coefficient (Wildman–Crippen LogP) is 1.39. The molecule has 2 heterocycles. The van der Waals surface area contributed by atoms with Crippen LogP contribution in [0.4, 0.5) is 0 Å². The number of pyridine rings is 1. The quantitative estimate of drug-likeness (QED) is 0.758. The zero-order valence-corrected chi connectivity index (χ0v) is 9.25. The molecule has 0 saturated heterocycles. The van der Waals surface area contributed by atoms with Crippen LogP contribution in [0.15, 0.2) is 18.2 Å². The SMILES string of the molecule is Cc1nc(C2=CCNC[C@@H]2O)ccc1Cl. The van der Waals surface area contributed by atoms with Crippen LogP contribution in [0.1, 0.15) is 11.4 Å². The van der Waals surface area contributed by atoms with Gasteiger partial charge in [0, 0.05) is 18.7 Å². The van der Waals surface area contributed by atoms with Crippen LogP contribution in [0.3, 0.4) is 0 Å². The van der Waals surface area contributed by atoms with Crippen molar-refractivity contribution in [1.29, 1.82) is 0 Å². The largest absolute Gasteiger partial charge is 0.387 e. The van der Waals surface area contributed by atoms with Crippen molar-refractivity contribution in [3.05, 3.63) is 34.6 Å². The first kappa shape index (κ1) is 10.6. The van der Waals surface area contributed by atoms with E-state index in [-0.39, 0.29) is 0 Å². The van der Waals surface area contributed by atoms with Crippen molar-refractivity contribution in [3.63, 3.8) is 0 Å². The molecule has 1 aromatic rings. The van der Waals surface area contributed by atoms with E-state index in [0.717, 1.165) is 23.5 Å². The molecule has 1 aromatic heterocycles. The third-order valence-corrected chi connectivity index (χ3v) is 2.88. The van der Waals surface area contributed by atoms with Crippen LogP contribution in [0.2, 0.25) is 5.02 Å². The highest BCUT2D eigenvalue weighted by Gasteiger charge is 2.17. The minimum Gasteiger partial charge on any atom is -0.387 e. The van der Waals surface area contributed by atoms with Gasteiger partial charge in [0.05, 0.1) is 22.5 Å². The highest BCUT2D eigenvalue weighted by molar-refractivity contribution is 6.31. The average Bonchev–Trinajstić information content (AvgIpc) is 2.23. The summed E-state index contributed by atoms with van der Waals surface area (Å²) in [4.78, 5) is 4.36. The molecular formula is C11H13ClN2O. The Morgan fingerprint density at radius 2 is 2.33 bits per heavy atom. The first-order chi connectivity index (χ1) is 7.18. The lowest BCUT2D eigenvalue weighted by Gasteiger charge is -2.20. The fourth-order valence-electron chi connectivity index (χ4n) is 1.63. The molecule has 1 aliphatic rings. The third kappa shape index (κ3) is 2.20. The van der Waals surface area contributed by atoms with Crippen LogP contribution in [0.25, 0.3) is 5.57 Å². The van der Waals surface area contributed by atoms with Crippen molar-refractivity contribution in [2.75, 3.05) is 13.1 Å². The van der Waals surface area contributed by atoms with E-state index < -0.39 is 6.10 Å². The lowest BCUT2D eigenvalue weighted by atomic mass is 10.0. The molecule has 0 unspecified atom stereocenters. The van der Waals surface area contributed by atoms with Crippen molar-refractivity contribution in [2.24, 2.45) is 0 Å². The topological polar surface area (TPSA) is 45.2 Å². The summed E-state index contributed by atoms with van der Waals surface area (Å²) in [5.41, 5.74) is 2.49. The van der Waals surface area contributed by atoms with Crippen LogP contribution in [-0.4, -0.2) is 29.3 Å². The van der Waals surface area contributed by atoms with Crippen LogP contribution < -0.4 is 5.32 Å². The second kappa shape index (κ2) is 4.31. The van der Waals surface area contributed by atoms with Crippen molar-refractivity contribution < 1.29 is 5.11 Å². The molecule has 3 nitrogen and oxygen atoms in total. The smallest absolute Gasteiger partial charge is 0.0932 e. The summed E-state index contributed by atoms with van der Waals surface area (Å²) in [6.45, 7) is 3.21. The highest BCUT2D eigenvalue weighted by atomic mass is 35.5. The summed E-state index contributed by atoms with van der Waals surface area (Å²) in [7, 11) is 0. The Labute approximate surface area is 93.8 Å². The number of nitrogens with one attached hydrogen (secondary N) is 1. The highest BCUT2D eigenvalue weighted by Crippen LogP contribution is 2.21. The van der Waals surface area contributed by atoms with E-state index in [1.807, 2.05) is 25.1 Å². The number of halogens is 1. The average molecular weight is 225 g/mol. The van der Waals surface area contributed by atoms with Gasteiger partial charge in [-0.1, -0.05) is 17.7 Å². The van der Waals surface area contributed by atoms with Crippen molar-refractivity contribution in [1.82, 2.24) is 10.3 Å². The van der Waals surface area contributed by atoms with Gasteiger partial charge in [0.15, 0.2) is 0 Å². The van der Waals surface area contributed by atoms with Crippen LogP contribution >= 0.6 is 11.6 Å². The molecule has 1 atom stereocenters. The lowest BCUT2D eigenvalue weighted by Crippen LogP contribution is -2.32. The summed E-state index contributed by atoms with van der Waals surface area (Å²) in [5, 5.41) is 13.5. The molecule has 0 aromatic carbocycles. The number of hydrogen-bond donors (Lipinski definition) is 2. The molecule has 0 radical (unpaired) electrons. The molecule has 2 N–H and O–H groups in total. The van der Waals surface area contributed by atoms with E-state index in [0.29, 0.717) is 11.6 Å². The van der Waals surface area contributed by atoms with Gasteiger partial charge in [-0.15, -0.1) is 0 Å². The van der Waals surface area contributed by atoms with Crippen molar-refractivity contribution in [3.8, 4) is 0 Å². The number of aliphatic hydroxyl groups is 1. The van der Waals surface area contributed by atoms with Gasteiger partial charge in [0.1, 0.15) is 0 Å². The third-order valence-electron chi connectivity index (χ3n) is 2.48. The zero-order chi connectivity index (χ0) is 10.8. The first-order valence-electron chi connectivity index (χ1n) is 4.91. The minimum absolute atomic E-state index is 0.480. The summed E-state index contributed by atoms with van der Waals surface area (Å²) in [6, 6.07) is 3.66. The number of rotatable bonds is 1. The van der Waals surface area contributed by atoms with Gasteiger partial charge in [-0.2, -0.15) is 0 Å². The number of aryl methyl sites for hydroxylation is 1. The van der Waals surface area contributed by atoms with Gasteiger partial charge >= 0.3 is 0 Å². The lowest BCUT2D eigenvalue weighted by molar-refractivity contribution is 0.224. The van der Waals surface area contributed by atoms with Crippen molar-refractivity contribution >= 4 is 17.2 Å². The van der Waals surface area contributed by atoms with Crippen molar-refractivity contribution in [2.45, 2.75) is 13.0 Å². The van der Waals surface area contributed by atoms with E-state index in [1.165, 1.54) is 0 Å². The number of β-amino-alcohol motifs (C(OH)–C–C–N with tert-alkyl or cyclic N) is 1. The van der Waals surface area contributed by atoms with E-state index in [4.69, 9.17) is 11.6 Å². The normalized spacial score (nSPS) is 21.3. The molecule has 0 amide bonds. The summed E-state index contributed by atoms with van der Waals surface area (Å²) in [5.74, 6) is 0. The summed E-state index contributed by atoms with van der Waals surface area (Å²) in [6.07, 6.45) is 1.48. The molecule has 80 valence electrons. The molecule has 0 fully saturated rings. The maximum atomic E-state index is 9.78. The Morgan fingerprint density at radius 1 is 1.53 bits per heavy atom. The van der Waals surface area contributed by atoms with E-state index in [1.54, 1.807) is 0 Å². The molecule has 4 heteroatoms. The molecule has 0 bridgehead atoms. The second-order valence-corrected chi connectivity index (χ2v) is 4.00. The maximum Gasteiger partial charge on any atom is 0.0932 e. The van der Waals surface area contributed by atoms with Gasteiger partial charge in [-0.3, -0.25) is 4.98 Å². The van der Waals surface area contributed by atoms with Crippen LogP contribution in [0, 0.1) is 6.92 Å². The Kier molecular flexibility index (Phi) is 3.05. The number of nitrogens with zero attached hydrogens (tertiary/aromatic N) is 1. The fourth-order valence-corrected chi connectivity index (χ4v) is 1.73. The Hall–Kier alpha value is -0.900. The number of hydrogen-bond acceptors (Lipinski definition) is 3. The van der Waals surface area contributed by atoms with E-state index >= 15 is 0 Å². The zero-order valence-electron chi connectivity index (χ0n) is 8.50. The molecule has 0 saturated carbocycles. The van der Waals surface area contributed by atoms with Gasteiger partial charge in [0.25, 0.3) is 0 Å². The van der Waals surface area contributed by atoms with Crippen LogP contribution in [0.5, 0.6) is 0 Å². The molecule has 1 aliphatic heterocycles. The summed E-state index contributed by atoms with van der Waals surface area (Å²) >= 11 is 5.90. The fraction of sp³-hybridized carbons (Fsp3) is 0.364. The number of aliphatic hydroxyl groups excluding tert-OH is 1. The van der Waals surface area contributed by atoms with Gasteiger partial charge < -0.3 is 10.4 Å². The van der Waals surface area contributed by atoms with E-state index in [9.17, 15) is 5.11 Å². The molecule has 0 aliphatic carbocycles. The van der Waals surface area contributed by atoms with E-state index in [2.05, 4.69) is 10.3 Å². The molecule has 2 rings (SSSR count). The Bertz CT molecular complexity index is 404. The van der Waals surface area contributed by atoms with Gasteiger partial charge in [0.2, 0.25) is 0 Å². The first-order valence-corrected chi connectivity index (χ1v) is 5.28. The molecule has 0 spiro atoms. The Morgan fingerprint density at radius 3 is 3.00 bits per heavy atom. The Balaban J connectivity index is 2.36. The van der Waals surface area contributed by atoms with Gasteiger partial charge in [-0.25, -0.2) is 0 Å². The second-order valence-electron chi connectivity index (χ2n) is 3.60. The van der Waals surface area contributed by atoms with Gasteiger partial charge in [-0.05, 0) is 19.1 Å². The monoisotopic (exact) mass is 224 g/mol. The molecule has 15 heavy (non-hydrogen) atoms. The summed E-state index contributed by atoms with van der Waals surface area (Å²) < 4.78 is 0. The standard InChI is InChI=1S/C11H13ClN2O/c1-7-9(12)2-3-10(14-7)8-4-5-13-6-11(8)15/h2-4,11,13,15H,5-6H2,1H3/t11-/m0/s1.